The van der Waals surface area contributed by atoms with Gasteiger partial charge in [-0.3, -0.25) is 4.79 Å². The highest BCUT2D eigenvalue weighted by molar-refractivity contribution is 5.78. The average Bonchev–Trinajstić information content (AvgIpc) is 3.35. The lowest BCUT2D eigenvalue weighted by molar-refractivity contribution is -0.143. The number of ether oxygens (including phenoxy) is 2. The van der Waals surface area contributed by atoms with Gasteiger partial charge < -0.3 is 9.47 Å². The van der Waals surface area contributed by atoms with Gasteiger partial charge in [0, 0.05) is 34.2 Å². The van der Waals surface area contributed by atoms with Crippen molar-refractivity contribution in [3.05, 3.63) is 205 Å². The van der Waals surface area contributed by atoms with Crippen molar-refractivity contribution in [1.82, 2.24) is 0 Å². The molecule has 0 unspecified atom stereocenters. The Morgan fingerprint density at radius 3 is 0.882 bits per heavy atom. The van der Waals surface area contributed by atoms with Gasteiger partial charge in [-0.1, -0.05) is 200 Å². The van der Waals surface area contributed by atoms with E-state index in [-0.39, 0.29) is 5.97 Å². The van der Waals surface area contributed by atoms with Gasteiger partial charge in [0.25, 0.3) is 0 Å². The predicted molar refractivity (Wildman–Crippen MR) is 281 cm³/mol. The van der Waals surface area contributed by atoms with Gasteiger partial charge in [0.2, 0.25) is 0 Å². The second kappa shape index (κ2) is 26.5. The molecule has 6 rings (SSSR count). The normalized spacial score (nSPS) is 10.1. The number of aryl methyl sites for hydroxylation is 5. The van der Waals surface area contributed by atoms with Gasteiger partial charge in [0.05, 0.1) is 41.0 Å². The van der Waals surface area contributed by atoms with Crippen molar-refractivity contribution in [1.29, 1.82) is 0 Å². The number of hydrogen-bond acceptors (Lipinski definition) is 3. The molecule has 0 heterocycles. The maximum atomic E-state index is 11.4. The largest absolute Gasteiger partial charge is 0.491 e. The second-order valence-electron chi connectivity index (χ2n) is 17.4. The van der Waals surface area contributed by atoms with Crippen LogP contribution in [0.2, 0.25) is 0 Å². The molecule has 0 N–H and O–H groups in total. The lowest BCUT2D eigenvalue weighted by atomic mass is 9.89. The third-order valence-corrected chi connectivity index (χ3v) is 11.5. The van der Waals surface area contributed by atoms with Crippen LogP contribution in [0.25, 0.3) is 0 Å². The van der Waals surface area contributed by atoms with Crippen molar-refractivity contribution in [3.63, 3.8) is 0 Å². The molecule has 0 aliphatic rings. The maximum absolute atomic E-state index is 11.4. The first-order valence-electron chi connectivity index (χ1n) is 24.1. The van der Waals surface area contributed by atoms with Crippen molar-refractivity contribution >= 4 is 5.97 Å². The van der Waals surface area contributed by atoms with Crippen molar-refractivity contribution in [2.45, 2.75) is 106 Å². The van der Waals surface area contributed by atoms with Crippen molar-refractivity contribution < 1.29 is 14.3 Å². The van der Waals surface area contributed by atoms with E-state index in [0.29, 0.717) is 53.2 Å². The average molecular weight is 891 g/mol. The first kappa shape index (κ1) is 49.8. The van der Waals surface area contributed by atoms with E-state index in [1.54, 1.807) is 0 Å². The van der Waals surface area contributed by atoms with Gasteiger partial charge in [-0.05, 0) is 108 Å². The molecule has 0 aliphatic carbocycles. The summed E-state index contributed by atoms with van der Waals surface area (Å²) in [6.45, 7) is 13.2. The Labute approximate surface area is 407 Å². The SMILES string of the molecule is CCC(=O)OCCCCCCCCCCCOc1c(C#Cc2ccc(C)cc2)c(C#Cc2ccc(C)cc2)c(C#Cc2ccc(C)cc2)c(C#Cc2ccc(C)cc2)c1C#Cc1ccc(C)cc1. The zero-order valence-corrected chi connectivity index (χ0v) is 40.8. The topological polar surface area (TPSA) is 35.5 Å². The molecule has 3 heteroatoms. The molecule has 0 amide bonds. The summed E-state index contributed by atoms with van der Waals surface area (Å²) in [5.41, 5.74) is 13.4. The van der Waals surface area contributed by atoms with E-state index in [4.69, 9.17) is 9.47 Å². The highest BCUT2D eigenvalue weighted by Gasteiger charge is 2.22. The van der Waals surface area contributed by atoms with Gasteiger partial charge in [-0.25, -0.2) is 0 Å². The predicted octanol–water partition coefficient (Wildman–Crippen LogP) is 14.1. The van der Waals surface area contributed by atoms with Crippen molar-refractivity contribution in [3.8, 4) is 65.0 Å². The smallest absolute Gasteiger partial charge is 0.305 e. The van der Waals surface area contributed by atoms with Crippen LogP contribution in [0.4, 0.5) is 0 Å². The summed E-state index contributed by atoms with van der Waals surface area (Å²) in [5, 5.41) is 0. The number of carbonyl (C=O) groups excluding carboxylic acids is 1. The van der Waals surface area contributed by atoms with Gasteiger partial charge in [0.1, 0.15) is 0 Å². The first-order valence-corrected chi connectivity index (χ1v) is 24.1. The Bertz CT molecular complexity index is 2790. The lowest BCUT2D eigenvalue weighted by Crippen LogP contribution is -2.08. The van der Waals surface area contributed by atoms with Crippen LogP contribution < -0.4 is 4.74 Å². The summed E-state index contributed by atoms with van der Waals surface area (Å²) >= 11 is 0. The number of hydrogen-bond donors (Lipinski definition) is 0. The molecule has 0 bridgehead atoms. The van der Waals surface area contributed by atoms with Crippen LogP contribution in [0.15, 0.2) is 121 Å². The molecule has 68 heavy (non-hydrogen) atoms. The standard InChI is InChI=1S/C65H62O3/c1-7-64(66)67-47-15-13-11-9-8-10-12-14-16-48-68-65-62(45-40-57-33-23-52(5)24-34-57)60(43-38-55-29-19-50(3)20-30-55)59(42-37-54-27-17-49(2)18-28-54)61(44-39-56-31-21-51(4)22-32-56)63(65)46-41-58-35-25-53(6)26-36-58/h17-36H,7-16,47-48H2,1-6H3. The molecule has 6 aromatic rings. The molecule has 6 aromatic carbocycles. The van der Waals surface area contributed by atoms with E-state index >= 15 is 0 Å². The summed E-state index contributed by atoms with van der Waals surface area (Å²) in [7, 11) is 0. The second-order valence-corrected chi connectivity index (χ2v) is 17.4. The summed E-state index contributed by atoms with van der Waals surface area (Å²) in [6, 6.07) is 41.2. The quantitative estimate of drug-likeness (QED) is 0.0621. The summed E-state index contributed by atoms with van der Waals surface area (Å²) in [5.74, 6) is 35.7. The molecule has 0 saturated carbocycles. The summed E-state index contributed by atoms with van der Waals surface area (Å²) in [4.78, 5) is 11.4. The number of rotatable bonds is 14. The van der Waals surface area contributed by atoms with Gasteiger partial charge >= 0.3 is 5.97 Å². The molecule has 0 spiro atoms. The van der Waals surface area contributed by atoms with E-state index in [9.17, 15) is 4.79 Å². The van der Waals surface area contributed by atoms with Gasteiger partial charge in [-0.15, -0.1) is 0 Å². The zero-order valence-electron chi connectivity index (χ0n) is 40.8. The van der Waals surface area contributed by atoms with E-state index in [1.165, 1.54) is 12.8 Å². The van der Waals surface area contributed by atoms with E-state index in [0.717, 1.165) is 101 Å². The lowest BCUT2D eigenvalue weighted by Gasteiger charge is -2.17. The van der Waals surface area contributed by atoms with E-state index < -0.39 is 0 Å². The highest BCUT2D eigenvalue weighted by atomic mass is 16.5. The van der Waals surface area contributed by atoms with Gasteiger partial charge in [-0.2, -0.15) is 0 Å². The zero-order chi connectivity index (χ0) is 47.9. The molecule has 0 aromatic heterocycles. The van der Waals surface area contributed by atoms with Crippen molar-refractivity contribution in [2.75, 3.05) is 13.2 Å². The molecular weight excluding hydrogens is 829 g/mol. The van der Waals surface area contributed by atoms with Crippen LogP contribution >= 0.6 is 0 Å². The van der Waals surface area contributed by atoms with Crippen LogP contribution in [0.1, 0.15) is 155 Å². The molecular formula is C65H62O3. The van der Waals surface area contributed by atoms with Crippen LogP contribution in [-0.2, 0) is 9.53 Å². The minimum atomic E-state index is -0.119. The van der Waals surface area contributed by atoms with E-state index in [1.807, 2.05) is 67.6 Å². The Kier molecular flexibility index (Phi) is 19.4. The number of benzene rings is 6. The Hall–Kier alpha value is -7.61. The molecule has 0 fully saturated rings. The maximum Gasteiger partial charge on any atom is 0.305 e. The molecule has 0 saturated heterocycles. The highest BCUT2D eigenvalue weighted by Crippen LogP contribution is 2.34. The third kappa shape index (κ3) is 16.1. The Balaban J connectivity index is 1.49. The number of esters is 1. The minimum absolute atomic E-state index is 0.119. The number of unbranched alkanes of at least 4 members (excludes halogenated alkanes) is 8. The minimum Gasteiger partial charge on any atom is -0.491 e. The van der Waals surface area contributed by atoms with Crippen molar-refractivity contribution in [2.24, 2.45) is 0 Å². The van der Waals surface area contributed by atoms with Crippen LogP contribution in [0.3, 0.4) is 0 Å². The Morgan fingerprint density at radius 2 is 0.588 bits per heavy atom. The van der Waals surface area contributed by atoms with Crippen LogP contribution in [0, 0.1) is 93.8 Å². The molecule has 0 aliphatic heterocycles. The molecule has 0 atom stereocenters. The molecule has 0 radical (unpaired) electrons. The van der Waals surface area contributed by atoms with Crippen LogP contribution in [-0.4, -0.2) is 19.2 Å². The fraction of sp³-hybridized carbons (Fsp3) is 0.277. The molecule has 340 valence electrons. The van der Waals surface area contributed by atoms with Crippen LogP contribution in [0.5, 0.6) is 5.75 Å². The molecule has 3 nitrogen and oxygen atoms in total. The summed E-state index contributed by atoms with van der Waals surface area (Å²) in [6.07, 6.45) is 10.1. The van der Waals surface area contributed by atoms with Gasteiger partial charge in [0.15, 0.2) is 5.75 Å². The third-order valence-electron chi connectivity index (χ3n) is 11.5. The monoisotopic (exact) mass is 890 g/mol. The fourth-order valence-electron chi connectivity index (χ4n) is 7.25. The Morgan fingerprint density at radius 1 is 0.338 bits per heavy atom. The number of carbonyl (C=O) groups is 1. The summed E-state index contributed by atoms with van der Waals surface area (Å²) < 4.78 is 12.2. The van der Waals surface area contributed by atoms with E-state index in [2.05, 4.69) is 154 Å². The fourth-order valence-corrected chi connectivity index (χ4v) is 7.25. The first-order chi connectivity index (χ1) is 33.1.